The first-order valence-corrected chi connectivity index (χ1v) is 8.65. The first-order chi connectivity index (χ1) is 11.0. The van der Waals surface area contributed by atoms with E-state index in [1.807, 2.05) is 31.6 Å². The van der Waals surface area contributed by atoms with E-state index in [9.17, 15) is 4.79 Å². The van der Waals surface area contributed by atoms with E-state index in [0.29, 0.717) is 12.6 Å². The molecule has 1 atom stereocenters. The second kappa shape index (κ2) is 6.64. The molecule has 23 heavy (non-hydrogen) atoms. The quantitative estimate of drug-likeness (QED) is 0.756. The predicted molar refractivity (Wildman–Crippen MR) is 96.2 cm³/mol. The molecule has 2 aromatic heterocycles. The van der Waals surface area contributed by atoms with Crippen molar-refractivity contribution in [2.24, 2.45) is 0 Å². The maximum absolute atomic E-state index is 12.4. The maximum atomic E-state index is 12.4. The first-order valence-electron chi connectivity index (χ1n) is 7.77. The SMILES string of the molecule is Cc1ccc(C)c2c(=O)cc(CNC(C)Cc3cncs3)[nH]c12. The second-order valence-corrected chi connectivity index (χ2v) is 7.03. The van der Waals surface area contributed by atoms with E-state index in [-0.39, 0.29) is 5.43 Å². The van der Waals surface area contributed by atoms with Crippen LogP contribution in [0, 0.1) is 13.8 Å². The lowest BCUT2D eigenvalue weighted by atomic mass is 10.0. The van der Waals surface area contributed by atoms with Crippen molar-refractivity contribution in [1.82, 2.24) is 15.3 Å². The number of aryl methyl sites for hydroxylation is 2. The minimum absolute atomic E-state index is 0.0897. The van der Waals surface area contributed by atoms with Crippen molar-refractivity contribution in [3.8, 4) is 0 Å². The van der Waals surface area contributed by atoms with E-state index in [4.69, 9.17) is 0 Å². The van der Waals surface area contributed by atoms with E-state index in [0.717, 1.165) is 34.1 Å². The molecular weight excluding hydrogens is 306 g/mol. The molecule has 0 aliphatic rings. The number of hydrogen-bond donors (Lipinski definition) is 2. The van der Waals surface area contributed by atoms with E-state index < -0.39 is 0 Å². The van der Waals surface area contributed by atoms with Crippen LogP contribution in [0.15, 0.2) is 34.7 Å². The highest BCUT2D eigenvalue weighted by atomic mass is 32.1. The third-order valence-corrected chi connectivity index (χ3v) is 4.89. The molecule has 3 rings (SSSR count). The Hall–Kier alpha value is -1.98. The van der Waals surface area contributed by atoms with Crippen LogP contribution in [-0.4, -0.2) is 16.0 Å². The average Bonchev–Trinajstić information content (AvgIpc) is 3.01. The van der Waals surface area contributed by atoms with Crippen LogP contribution in [0.4, 0.5) is 0 Å². The Morgan fingerprint density at radius 2 is 2.09 bits per heavy atom. The van der Waals surface area contributed by atoms with Gasteiger partial charge in [-0.3, -0.25) is 9.78 Å². The van der Waals surface area contributed by atoms with Gasteiger partial charge in [0.2, 0.25) is 0 Å². The molecule has 0 aliphatic carbocycles. The lowest BCUT2D eigenvalue weighted by Crippen LogP contribution is -2.28. The Bertz CT molecular complexity index is 868. The summed E-state index contributed by atoms with van der Waals surface area (Å²) in [5, 5.41) is 4.27. The number of nitrogens with one attached hydrogen (secondary N) is 2. The van der Waals surface area contributed by atoms with Crippen LogP contribution < -0.4 is 10.7 Å². The summed E-state index contributed by atoms with van der Waals surface area (Å²) in [6, 6.07) is 6.09. The number of benzene rings is 1. The molecule has 1 unspecified atom stereocenters. The molecule has 0 fully saturated rings. The number of hydrogen-bond acceptors (Lipinski definition) is 4. The summed E-state index contributed by atoms with van der Waals surface area (Å²) in [4.78, 5) is 21.2. The van der Waals surface area contributed by atoms with Gasteiger partial charge in [-0.1, -0.05) is 12.1 Å². The van der Waals surface area contributed by atoms with Gasteiger partial charge in [0, 0.05) is 40.8 Å². The highest BCUT2D eigenvalue weighted by Crippen LogP contribution is 2.17. The van der Waals surface area contributed by atoms with E-state index in [2.05, 4.69) is 28.3 Å². The van der Waals surface area contributed by atoms with Gasteiger partial charge in [-0.15, -0.1) is 11.3 Å². The molecule has 0 saturated carbocycles. The van der Waals surface area contributed by atoms with Gasteiger partial charge in [-0.05, 0) is 38.3 Å². The number of aromatic amines is 1. The fourth-order valence-corrected chi connectivity index (χ4v) is 3.54. The molecule has 4 nitrogen and oxygen atoms in total. The van der Waals surface area contributed by atoms with Crippen molar-refractivity contribution < 1.29 is 0 Å². The summed E-state index contributed by atoms with van der Waals surface area (Å²) in [7, 11) is 0. The van der Waals surface area contributed by atoms with Crippen LogP contribution >= 0.6 is 11.3 Å². The molecular formula is C18H21N3OS. The minimum atomic E-state index is 0.0897. The first kappa shape index (κ1) is 15.9. The van der Waals surface area contributed by atoms with Gasteiger partial charge in [-0.2, -0.15) is 0 Å². The normalized spacial score (nSPS) is 12.7. The molecule has 0 radical (unpaired) electrons. The highest BCUT2D eigenvalue weighted by Gasteiger charge is 2.09. The smallest absolute Gasteiger partial charge is 0.189 e. The summed E-state index contributed by atoms with van der Waals surface area (Å²) >= 11 is 1.67. The third kappa shape index (κ3) is 3.51. The summed E-state index contributed by atoms with van der Waals surface area (Å²) < 4.78 is 0. The van der Waals surface area contributed by atoms with Crippen LogP contribution in [0.3, 0.4) is 0 Å². The van der Waals surface area contributed by atoms with Gasteiger partial charge >= 0.3 is 0 Å². The largest absolute Gasteiger partial charge is 0.357 e. The zero-order chi connectivity index (χ0) is 16.4. The van der Waals surface area contributed by atoms with Crippen LogP contribution in [-0.2, 0) is 13.0 Å². The molecule has 2 N–H and O–H groups in total. The number of pyridine rings is 1. The van der Waals surface area contributed by atoms with Crippen molar-refractivity contribution >= 4 is 22.2 Å². The summed E-state index contributed by atoms with van der Waals surface area (Å²) in [5.41, 5.74) is 5.93. The summed E-state index contributed by atoms with van der Waals surface area (Å²) in [6.45, 7) is 6.81. The molecule has 3 aromatic rings. The average molecular weight is 327 g/mol. The molecule has 2 heterocycles. The second-order valence-electron chi connectivity index (χ2n) is 6.06. The van der Waals surface area contributed by atoms with Crippen LogP contribution in [0.5, 0.6) is 0 Å². The molecule has 0 aliphatic heterocycles. The Morgan fingerprint density at radius 3 is 2.83 bits per heavy atom. The molecule has 1 aromatic carbocycles. The van der Waals surface area contributed by atoms with Gasteiger partial charge in [0.1, 0.15) is 0 Å². The van der Waals surface area contributed by atoms with Crippen molar-refractivity contribution in [1.29, 1.82) is 0 Å². The number of fused-ring (bicyclic) bond motifs is 1. The molecule has 0 bridgehead atoms. The zero-order valence-electron chi connectivity index (χ0n) is 13.6. The van der Waals surface area contributed by atoms with Gasteiger partial charge in [0.05, 0.1) is 11.0 Å². The number of thiazole rings is 1. The predicted octanol–water partition coefficient (Wildman–Crippen LogP) is 3.32. The number of aromatic nitrogens is 2. The standard InChI is InChI=1S/C18H21N3OS/c1-11-4-5-12(2)18-17(11)16(22)7-14(21-18)8-20-13(3)6-15-9-19-10-23-15/h4-5,7,9-10,13,20H,6,8H2,1-3H3,(H,21,22). The lowest BCUT2D eigenvalue weighted by Gasteiger charge is -2.14. The zero-order valence-corrected chi connectivity index (χ0v) is 14.5. The highest BCUT2D eigenvalue weighted by molar-refractivity contribution is 7.09. The Kier molecular flexibility index (Phi) is 4.59. The molecule has 0 saturated heterocycles. The number of H-pyrrole nitrogens is 1. The molecule has 0 amide bonds. The topological polar surface area (TPSA) is 57.8 Å². The fourth-order valence-electron chi connectivity index (χ4n) is 2.81. The summed E-state index contributed by atoms with van der Waals surface area (Å²) in [5.74, 6) is 0. The Labute approximate surface area is 139 Å². The number of nitrogens with zero attached hydrogens (tertiary/aromatic N) is 1. The third-order valence-electron chi connectivity index (χ3n) is 4.09. The Morgan fingerprint density at radius 1 is 1.30 bits per heavy atom. The van der Waals surface area contributed by atoms with Gasteiger partial charge < -0.3 is 10.3 Å². The lowest BCUT2D eigenvalue weighted by molar-refractivity contribution is 0.543. The van der Waals surface area contributed by atoms with Gasteiger partial charge in [0.15, 0.2) is 5.43 Å². The number of rotatable bonds is 5. The molecule has 5 heteroatoms. The van der Waals surface area contributed by atoms with Crippen molar-refractivity contribution in [2.75, 3.05) is 0 Å². The monoisotopic (exact) mass is 327 g/mol. The molecule has 0 spiro atoms. The van der Waals surface area contributed by atoms with Gasteiger partial charge in [-0.25, -0.2) is 0 Å². The fraction of sp³-hybridized carbons (Fsp3) is 0.333. The van der Waals surface area contributed by atoms with Crippen LogP contribution in [0.2, 0.25) is 0 Å². The van der Waals surface area contributed by atoms with E-state index in [1.54, 1.807) is 17.4 Å². The van der Waals surface area contributed by atoms with Crippen LogP contribution in [0.1, 0.15) is 28.6 Å². The minimum Gasteiger partial charge on any atom is -0.357 e. The summed E-state index contributed by atoms with van der Waals surface area (Å²) in [6.07, 6.45) is 2.85. The van der Waals surface area contributed by atoms with E-state index >= 15 is 0 Å². The maximum Gasteiger partial charge on any atom is 0.189 e. The Balaban J connectivity index is 1.78. The van der Waals surface area contributed by atoms with Gasteiger partial charge in [0.25, 0.3) is 0 Å². The molecule has 120 valence electrons. The van der Waals surface area contributed by atoms with Crippen LogP contribution in [0.25, 0.3) is 10.9 Å². The van der Waals surface area contributed by atoms with Crippen molar-refractivity contribution in [3.63, 3.8) is 0 Å². The van der Waals surface area contributed by atoms with Crippen molar-refractivity contribution in [2.45, 2.75) is 39.8 Å². The van der Waals surface area contributed by atoms with E-state index in [1.165, 1.54) is 4.88 Å². The van der Waals surface area contributed by atoms with Crippen molar-refractivity contribution in [3.05, 3.63) is 61.8 Å².